The Morgan fingerprint density at radius 2 is 2.16 bits per heavy atom. The topological polar surface area (TPSA) is 75.3 Å². The van der Waals surface area contributed by atoms with E-state index in [9.17, 15) is 9.90 Å². The van der Waals surface area contributed by atoms with Crippen molar-refractivity contribution in [3.8, 4) is 0 Å². The molecule has 4 nitrogen and oxygen atoms in total. The molecule has 0 aromatic heterocycles. The standard InChI is InChI=1S/C14H21BrN2O2/c1-9(2)7-14(3,19)8-17-13(18)10-4-5-12(16)11(15)6-10/h4-6,9,19H,7-8,16H2,1-3H3,(H,17,18). The number of benzene rings is 1. The molecule has 106 valence electrons. The number of aliphatic hydroxyl groups is 1. The number of amides is 1. The molecule has 0 heterocycles. The van der Waals surface area contributed by atoms with Crippen LogP contribution in [-0.4, -0.2) is 23.2 Å². The summed E-state index contributed by atoms with van der Waals surface area (Å²) in [5.74, 6) is 0.155. The lowest BCUT2D eigenvalue weighted by molar-refractivity contribution is 0.0368. The maximum absolute atomic E-state index is 12.0. The van der Waals surface area contributed by atoms with Gasteiger partial charge in [0.05, 0.1) is 5.60 Å². The molecule has 1 aromatic rings. The van der Waals surface area contributed by atoms with E-state index in [2.05, 4.69) is 21.2 Å². The third kappa shape index (κ3) is 5.20. The van der Waals surface area contributed by atoms with E-state index in [1.54, 1.807) is 25.1 Å². The first-order chi connectivity index (χ1) is 8.71. The highest BCUT2D eigenvalue weighted by atomic mass is 79.9. The first-order valence-corrected chi connectivity index (χ1v) is 7.06. The van der Waals surface area contributed by atoms with Crippen LogP contribution in [0.2, 0.25) is 0 Å². The summed E-state index contributed by atoms with van der Waals surface area (Å²) in [6.45, 7) is 6.03. The van der Waals surface area contributed by atoms with Crippen LogP contribution in [0.3, 0.4) is 0 Å². The van der Waals surface area contributed by atoms with Crippen molar-refractivity contribution in [1.82, 2.24) is 5.32 Å². The van der Waals surface area contributed by atoms with Gasteiger partial charge in [-0.15, -0.1) is 0 Å². The highest BCUT2D eigenvalue weighted by Crippen LogP contribution is 2.20. The molecular weight excluding hydrogens is 308 g/mol. The van der Waals surface area contributed by atoms with Crippen molar-refractivity contribution in [3.05, 3.63) is 28.2 Å². The third-order valence-corrected chi connectivity index (χ3v) is 3.43. The van der Waals surface area contributed by atoms with E-state index in [-0.39, 0.29) is 12.5 Å². The van der Waals surface area contributed by atoms with Crippen molar-refractivity contribution in [2.24, 2.45) is 5.92 Å². The Morgan fingerprint density at radius 1 is 1.53 bits per heavy atom. The van der Waals surface area contributed by atoms with E-state index in [0.717, 1.165) is 0 Å². The normalized spacial score (nSPS) is 14.2. The number of nitrogens with two attached hydrogens (primary N) is 1. The van der Waals surface area contributed by atoms with Crippen molar-refractivity contribution in [3.63, 3.8) is 0 Å². The van der Waals surface area contributed by atoms with Gasteiger partial charge in [-0.1, -0.05) is 13.8 Å². The fourth-order valence-electron chi connectivity index (χ4n) is 1.99. The fraction of sp³-hybridized carbons (Fsp3) is 0.500. The molecule has 5 heteroatoms. The van der Waals surface area contributed by atoms with Gasteiger partial charge in [-0.05, 0) is 53.4 Å². The largest absolute Gasteiger partial charge is 0.398 e. The molecule has 1 amide bonds. The Labute approximate surface area is 122 Å². The molecule has 0 bridgehead atoms. The van der Waals surface area contributed by atoms with Crippen molar-refractivity contribution in [2.75, 3.05) is 12.3 Å². The Bertz CT molecular complexity index is 459. The first kappa shape index (κ1) is 16.0. The molecule has 0 spiro atoms. The van der Waals surface area contributed by atoms with Gasteiger partial charge in [-0.3, -0.25) is 4.79 Å². The smallest absolute Gasteiger partial charge is 0.251 e. The van der Waals surface area contributed by atoms with Crippen molar-refractivity contribution in [2.45, 2.75) is 32.8 Å². The van der Waals surface area contributed by atoms with E-state index in [1.807, 2.05) is 13.8 Å². The van der Waals surface area contributed by atoms with Crippen LogP contribution in [-0.2, 0) is 0 Å². The summed E-state index contributed by atoms with van der Waals surface area (Å²) >= 11 is 3.28. The van der Waals surface area contributed by atoms with E-state index < -0.39 is 5.60 Å². The number of hydrogen-bond donors (Lipinski definition) is 3. The average molecular weight is 329 g/mol. The quantitative estimate of drug-likeness (QED) is 0.727. The fourth-order valence-corrected chi connectivity index (χ4v) is 2.37. The van der Waals surface area contributed by atoms with Crippen LogP contribution in [0.25, 0.3) is 0 Å². The lowest BCUT2D eigenvalue weighted by atomic mass is 9.94. The Morgan fingerprint density at radius 3 is 2.68 bits per heavy atom. The van der Waals surface area contributed by atoms with Gasteiger partial charge in [0.1, 0.15) is 0 Å². The van der Waals surface area contributed by atoms with Crippen LogP contribution in [0.4, 0.5) is 5.69 Å². The molecule has 0 saturated carbocycles. The average Bonchev–Trinajstić information content (AvgIpc) is 2.28. The number of carbonyl (C=O) groups excluding carboxylic acids is 1. The van der Waals surface area contributed by atoms with Crippen LogP contribution in [0.1, 0.15) is 37.6 Å². The Kier molecular flexibility index (Phi) is 5.38. The minimum Gasteiger partial charge on any atom is -0.398 e. The summed E-state index contributed by atoms with van der Waals surface area (Å²) in [4.78, 5) is 12.0. The van der Waals surface area contributed by atoms with Crippen molar-refractivity contribution in [1.29, 1.82) is 0 Å². The number of rotatable bonds is 5. The zero-order valence-electron chi connectivity index (χ0n) is 11.5. The molecule has 1 unspecified atom stereocenters. The van der Waals surface area contributed by atoms with Gasteiger partial charge in [0.2, 0.25) is 0 Å². The Balaban J connectivity index is 2.62. The lowest BCUT2D eigenvalue weighted by Gasteiger charge is -2.25. The van der Waals surface area contributed by atoms with Gasteiger partial charge in [-0.2, -0.15) is 0 Å². The summed E-state index contributed by atoms with van der Waals surface area (Å²) in [6.07, 6.45) is 0.638. The summed E-state index contributed by atoms with van der Waals surface area (Å²) in [6, 6.07) is 5.00. The molecule has 4 N–H and O–H groups in total. The maximum Gasteiger partial charge on any atom is 0.251 e. The predicted octanol–water partition coefficient (Wildman–Crippen LogP) is 2.56. The zero-order valence-corrected chi connectivity index (χ0v) is 13.1. The van der Waals surface area contributed by atoms with Crippen LogP contribution in [0.15, 0.2) is 22.7 Å². The maximum atomic E-state index is 12.0. The second-order valence-corrected chi connectivity index (χ2v) is 6.37. The highest BCUT2D eigenvalue weighted by molar-refractivity contribution is 9.10. The zero-order chi connectivity index (χ0) is 14.6. The molecule has 1 aromatic carbocycles. The summed E-state index contributed by atoms with van der Waals surface area (Å²) in [7, 11) is 0. The molecule has 0 saturated heterocycles. The highest BCUT2D eigenvalue weighted by Gasteiger charge is 2.22. The molecule has 0 fully saturated rings. The third-order valence-electron chi connectivity index (χ3n) is 2.74. The summed E-state index contributed by atoms with van der Waals surface area (Å²) in [5, 5.41) is 12.9. The first-order valence-electron chi connectivity index (χ1n) is 6.27. The molecule has 0 aliphatic carbocycles. The lowest BCUT2D eigenvalue weighted by Crippen LogP contribution is -2.41. The predicted molar refractivity (Wildman–Crippen MR) is 81.0 cm³/mol. The Hall–Kier alpha value is -1.07. The van der Waals surface area contributed by atoms with E-state index in [4.69, 9.17) is 5.73 Å². The van der Waals surface area contributed by atoms with E-state index >= 15 is 0 Å². The number of carbonyl (C=O) groups is 1. The van der Waals surface area contributed by atoms with Gasteiger partial charge in [0.15, 0.2) is 0 Å². The molecule has 0 aliphatic rings. The van der Waals surface area contributed by atoms with Gasteiger partial charge in [0.25, 0.3) is 5.91 Å². The minimum absolute atomic E-state index is 0.218. The van der Waals surface area contributed by atoms with Gasteiger partial charge >= 0.3 is 0 Å². The monoisotopic (exact) mass is 328 g/mol. The molecule has 0 aliphatic heterocycles. The van der Waals surface area contributed by atoms with Gasteiger partial charge in [0, 0.05) is 22.3 Å². The van der Waals surface area contributed by atoms with E-state index in [0.29, 0.717) is 28.1 Å². The van der Waals surface area contributed by atoms with Crippen molar-refractivity contribution >= 4 is 27.5 Å². The van der Waals surface area contributed by atoms with Crippen LogP contribution < -0.4 is 11.1 Å². The van der Waals surface area contributed by atoms with Crippen molar-refractivity contribution < 1.29 is 9.90 Å². The number of halogens is 1. The van der Waals surface area contributed by atoms with E-state index in [1.165, 1.54) is 0 Å². The van der Waals surface area contributed by atoms with Crippen LogP contribution in [0, 0.1) is 5.92 Å². The molecule has 0 radical (unpaired) electrons. The number of nitrogens with one attached hydrogen (secondary N) is 1. The molecule has 1 rings (SSSR count). The van der Waals surface area contributed by atoms with Gasteiger partial charge in [-0.25, -0.2) is 0 Å². The minimum atomic E-state index is -0.894. The van der Waals surface area contributed by atoms with Gasteiger partial charge < -0.3 is 16.2 Å². The number of nitrogen functional groups attached to an aromatic ring is 1. The summed E-state index contributed by atoms with van der Waals surface area (Å²) in [5.41, 5.74) is 5.88. The molecule has 19 heavy (non-hydrogen) atoms. The van der Waals surface area contributed by atoms with Crippen LogP contribution in [0.5, 0.6) is 0 Å². The molecular formula is C14H21BrN2O2. The number of anilines is 1. The second kappa shape index (κ2) is 6.39. The number of hydrogen-bond acceptors (Lipinski definition) is 3. The SMILES string of the molecule is CC(C)CC(C)(O)CNC(=O)c1ccc(N)c(Br)c1. The van der Waals surface area contributed by atoms with Crippen LogP contribution >= 0.6 is 15.9 Å². The summed E-state index contributed by atoms with van der Waals surface area (Å²) < 4.78 is 0.689. The molecule has 1 atom stereocenters. The second-order valence-electron chi connectivity index (χ2n) is 5.51.